The molecule has 2 heterocycles. The number of likely N-dealkylation sites (tertiary alicyclic amines) is 1. The van der Waals surface area contributed by atoms with E-state index in [1.807, 2.05) is 0 Å². The maximum Gasteiger partial charge on any atom is 0.247 e. The van der Waals surface area contributed by atoms with Crippen LogP contribution in [0.5, 0.6) is 0 Å². The number of nitrogens with two attached hydrogens (primary N) is 2. The van der Waals surface area contributed by atoms with Gasteiger partial charge in [-0.25, -0.2) is 0 Å². The maximum absolute atomic E-state index is 12.7. The van der Waals surface area contributed by atoms with E-state index in [-0.39, 0.29) is 18.4 Å². The number of rotatable bonds is 6. The average Bonchev–Trinajstić information content (AvgIpc) is 2.93. The molecule has 9 nitrogen and oxygen atoms in total. The molecule has 0 aliphatic carbocycles. The fourth-order valence-electron chi connectivity index (χ4n) is 3.01. The lowest BCUT2D eigenvalue weighted by atomic mass is 9.98. The van der Waals surface area contributed by atoms with Crippen molar-refractivity contribution in [2.24, 2.45) is 17.4 Å². The van der Waals surface area contributed by atoms with Crippen molar-refractivity contribution in [3.63, 3.8) is 0 Å². The number of amides is 3. The SMILES string of the molecule is COC[C@@H](C(=O)N1CCOCC1)N1CC[C@@H](C(N)C(N)=O)C1=O. The summed E-state index contributed by atoms with van der Waals surface area (Å²) >= 11 is 0. The third-order valence-electron chi connectivity index (χ3n) is 4.35. The molecule has 4 N–H and O–H groups in total. The molecule has 2 fully saturated rings. The Morgan fingerprint density at radius 1 is 1.35 bits per heavy atom. The van der Waals surface area contributed by atoms with Crippen molar-refractivity contribution in [2.75, 3.05) is 46.6 Å². The number of morpholine rings is 1. The first-order chi connectivity index (χ1) is 11.0. The van der Waals surface area contributed by atoms with E-state index >= 15 is 0 Å². The highest BCUT2D eigenvalue weighted by Crippen LogP contribution is 2.24. The predicted octanol–water partition coefficient (Wildman–Crippen LogP) is -2.48. The lowest BCUT2D eigenvalue weighted by molar-refractivity contribution is -0.149. The predicted molar refractivity (Wildman–Crippen MR) is 80.1 cm³/mol. The van der Waals surface area contributed by atoms with Gasteiger partial charge in [0.05, 0.1) is 31.8 Å². The smallest absolute Gasteiger partial charge is 0.247 e. The summed E-state index contributed by atoms with van der Waals surface area (Å²) in [5, 5.41) is 0. The summed E-state index contributed by atoms with van der Waals surface area (Å²) in [6.45, 7) is 2.40. The summed E-state index contributed by atoms with van der Waals surface area (Å²) in [5.41, 5.74) is 10.9. The van der Waals surface area contributed by atoms with Crippen LogP contribution in [-0.2, 0) is 23.9 Å². The number of hydrogen-bond acceptors (Lipinski definition) is 6. The molecule has 2 rings (SSSR count). The van der Waals surface area contributed by atoms with Gasteiger partial charge in [0.2, 0.25) is 17.7 Å². The topological polar surface area (TPSA) is 128 Å². The van der Waals surface area contributed by atoms with Crippen molar-refractivity contribution in [3.05, 3.63) is 0 Å². The van der Waals surface area contributed by atoms with Gasteiger partial charge in [-0.05, 0) is 6.42 Å². The summed E-state index contributed by atoms with van der Waals surface area (Å²) in [5.74, 6) is -1.88. The summed E-state index contributed by atoms with van der Waals surface area (Å²) in [7, 11) is 1.48. The van der Waals surface area contributed by atoms with E-state index in [4.69, 9.17) is 20.9 Å². The van der Waals surface area contributed by atoms with Crippen LogP contribution >= 0.6 is 0 Å². The van der Waals surface area contributed by atoms with Crippen molar-refractivity contribution in [2.45, 2.75) is 18.5 Å². The van der Waals surface area contributed by atoms with Gasteiger partial charge in [0, 0.05) is 26.7 Å². The van der Waals surface area contributed by atoms with Gasteiger partial charge in [0.1, 0.15) is 6.04 Å². The second kappa shape index (κ2) is 7.71. The van der Waals surface area contributed by atoms with Gasteiger partial charge in [0.25, 0.3) is 0 Å². The van der Waals surface area contributed by atoms with E-state index in [2.05, 4.69) is 0 Å². The van der Waals surface area contributed by atoms with Gasteiger partial charge in [-0.3, -0.25) is 14.4 Å². The molecule has 0 aromatic heterocycles. The number of nitrogens with zero attached hydrogens (tertiary/aromatic N) is 2. The van der Waals surface area contributed by atoms with E-state index in [9.17, 15) is 14.4 Å². The molecule has 23 heavy (non-hydrogen) atoms. The summed E-state index contributed by atoms with van der Waals surface area (Å²) in [6, 6.07) is -1.75. The van der Waals surface area contributed by atoms with Gasteiger partial charge >= 0.3 is 0 Å². The van der Waals surface area contributed by atoms with Crippen molar-refractivity contribution in [3.8, 4) is 0 Å². The minimum atomic E-state index is -1.03. The first kappa shape index (κ1) is 17.6. The molecule has 0 saturated carbocycles. The lowest BCUT2D eigenvalue weighted by Crippen LogP contribution is -2.55. The molecule has 0 spiro atoms. The van der Waals surface area contributed by atoms with E-state index < -0.39 is 23.9 Å². The molecular weight excluding hydrogens is 304 g/mol. The molecule has 2 aliphatic heterocycles. The third kappa shape index (κ3) is 3.80. The first-order valence-electron chi connectivity index (χ1n) is 7.68. The number of primary amides is 1. The van der Waals surface area contributed by atoms with E-state index in [1.54, 1.807) is 4.90 Å². The standard InChI is InChI=1S/C14H24N4O5/c1-22-8-10(14(21)17-4-6-23-7-5-17)18-3-2-9(13(18)20)11(15)12(16)19/h9-11H,2-8,15H2,1H3,(H2,16,19)/t9-,10-,11?/m0/s1. The van der Waals surface area contributed by atoms with Crippen LogP contribution in [0.1, 0.15) is 6.42 Å². The van der Waals surface area contributed by atoms with Crippen molar-refractivity contribution >= 4 is 17.7 Å². The largest absolute Gasteiger partial charge is 0.382 e. The Hall–Kier alpha value is -1.71. The highest BCUT2D eigenvalue weighted by Gasteiger charge is 2.43. The average molecular weight is 328 g/mol. The molecule has 0 bridgehead atoms. The number of hydrogen-bond donors (Lipinski definition) is 2. The van der Waals surface area contributed by atoms with Crippen LogP contribution in [0.2, 0.25) is 0 Å². The summed E-state index contributed by atoms with van der Waals surface area (Å²) in [6.07, 6.45) is 0.402. The quantitative estimate of drug-likeness (QED) is 0.556. The summed E-state index contributed by atoms with van der Waals surface area (Å²) in [4.78, 5) is 39.6. The zero-order valence-electron chi connectivity index (χ0n) is 13.3. The van der Waals surface area contributed by atoms with Crippen LogP contribution < -0.4 is 11.5 Å². The zero-order chi connectivity index (χ0) is 17.0. The Morgan fingerprint density at radius 3 is 2.57 bits per heavy atom. The minimum Gasteiger partial charge on any atom is -0.382 e. The van der Waals surface area contributed by atoms with E-state index in [0.717, 1.165) is 0 Å². The molecule has 2 saturated heterocycles. The Labute approximate surface area is 134 Å². The molecule has 0 aromatic rings. The Bertz CT molecular complexity index is 466. The van der Waals surface area contributed by atoms with Crippen LogP contribution in [0, 0.1) is 5.92 Å². The fourth-order valence-corrected chi connectivity index (χ4v) is 3.01. The van der Waals surface area contributed by atoms with Gasteiger partial charge in [0.15, 0.2) is 0 Å². The third-order valence-corrected chi connectivity index (χ3v) is 4.35. The van der Waals surface area contributed by atoms with Crippen molar-refractivity contribution in [1.29, 1.82) is 0 Å². The van der Waals surface area contributed by atoms with Crippen LogP contribution in [-0.4, -0.2) is 86.2 Å². The summed E-state index contributed by atoms with van der Waals surface area (Å²) < 4.78 is 10.4. The van der Waals surface area contributed by atoms with E-state index in [0.29, 0.717) is 39.3 Å². The lowest BCUT2D eigenvalue weighted by Gasteiger charge is -2.34. The number of methoxy groups -OCH3 is 1. The molecule has 0 radical (unpaired) electrons. The van der Waals surface area contributed by atoms with E-state index in [1.165, 1.54) is 12.0 Å². The Kier molecular flexibility index (Phi) is 5.91. The number of ether oxygens (including phenoxy) is 2. The monoisotopic (exact) mass is 328 g/mol. The zero-order valence-corrected chi connectivity index (χ0v) is 13.3. The van der Waals surface area contributed by atoms with Crippen LogP contribution in [0.3, 0.4) is 0 Å². The maximum atomic E-state index is 12.7. The molecule has 3 atom stereocenters. The fraction of sp³-hybridized carbons (Fsp3) is 0.786. The van der Waals surface area contributed by atoms with Crippen LogP contribution in [0.4, 0.5) is 0 Å². The molecule has 0 aromatic carbocycles. The molecule has 2 aliphatic rings. The van der Waals surface area contributed by atoms with Crippen molar-refractivity contribution < 1.29 is 23.9 Å². The van der Waals surface area contributed by atoms with Gasteiger partial charge in [-0.1, -0.05) is 0 Å². The van der Waals surface area contributed by atoms with Crippen LogP contribution in [0.15, 0.2) is 0 Å². The molecule has 1 unspecified atom stereocenters. The molecule has 130 valence electrons. The Morgan fingerprint density at radius 2 is 2.00 bits per heavy atom. The first-order valence-corrected chi connectivity index (χ1v) is 7.68. The molecule has 3 amide bonds. The molecule has 9 heteroatoms. The Balaban J connectivity index is 2.10. The highest BCUT2D eigenvalue weighted by atomic mass is 16.5. The van der Waals surface area contributed by atoms with Crippen molar-refractivity contribution in [1.82, 2.24) is 9.80 Å². The van der Waals surface area contributed by atoms with Gasteiger partial charge < -0.3 is 30.7 Å². The van der Waals surface area contributed by atoms with Gasteiger partial charge in [-0.15, -0.1) is 0 Å². The molecular formula is C14H24N4O5. The second-order valence-corrected chi connectivity index (χ2v) is 5.76. The normalized spacial score (nSPS) is 24.6. The second-order valence-electron chi connectivity index (χ2n) is 5.76. The van der Waals surface area contributed by atoms with Crippen LogP contribution in [0.25, 0.3) is 0 Å². The highest BCUT2D eigenvalue weighted by molar-refractivity contribution is 5.93. The van der Waals surface area contributed by atoms with Gasteiger partial charge in [-0.2, -0.15) is 0 Å². The number of carbonyl (C=O) groups excluding carboxylic acids is 3. The number of carbonyl (C=O) groups is 3. The minimum absolute atomic E-state index is 0.0977.